The van der Waals surface area contributed by atoms with Gasteiger partial charge in [-0.15, -0.1) is 0 Å². The van der Waals surface area contributed by atoms with E-state index in [2.05, 4.69) is 27.7 Å². The van der Waals surface area contributed by atoms with E-state index in [1.165, 1.54) is 38.5 Å². The average Bonchev–Trinajstić information content (AvgIpc) is 2.53. The van der Waals surface area contributed by atoms with Crippen LogP contribution in [-0.4, -0.2) is 23.3 Å². The Balaban J connectivity index is 3.99. The fourth-order valence-corrected chi connectivity index (χ4v) is 3.67. The van der Waals surface area contributed by atoms with Crippen LogP contribution in [0.5, 0.6) is 0 Å². The van der Waals surface area contributed by atoms with Gasteiger partial charge >= 0.3 is 0 Å². The largest absolute Gasteiger partial charge is 0.392 e. The molecule has 0 aromatic rings. The third-order valence-electron chi connectivity index (χ3n) is 5.63. The zero-order valence-electron chi connectivity index (χ0n) is 18.4. The number of rotatable bonds is 15. The first-order valence-electron chi connectivity index (χ1n) is 10.7. The van der Waals surface area contributed by atoms with Crippen molar-refractivity contribution < 1.29 is 14.7 Å². The van der Waals surface area contributed by atoms with E-state index in [0.717, 1.165) is 24.5 Å². The third kappa shape index (κ3) is 11.1. The van der Waals surface area contributed by atoms with E-state index >= 15 is 0 Å². The molecule has 0 aromatic carbocycles. The van der Waals surface area contributed by atoms with Gasteiger partial charge in [-0.3, -0.25) is 4.79 Å². The maximum Gasteiger partial charge on any atom is 0.138 e. The highest BCUT2D eigenvalue weighted by Crippen LogP contribution is 2.25. The SMILES string of the molecule is CC(C)CC(C)CCCCC[C@H](C)CC(C)C(=O)CC(O)C(C)(C)C=O. The molecule has 0 radical (unpaired) electrons. The van der Waals surface area contributed by atoms with Crippen LogP contribution in [0.1, 0.15) is 99.8 Å². The first-order valence-corrected chi connectivity index (χ1v) is 10.7. The average molecular weight is 369 g/mol. The lowest BCUT2D eigenvalue weighted by molar-refractivity contribution is -0.129. The first-order chi connectivity index (χ1) is 12.0. The summed E-state index contributed by atoms with van der Waals surface area (Å²) >= 11 is 0. The molecule has 0 heterocycles. The monoisotopic (exact) mass is 368 g/mol. The molecule has 26 heavy (non-hydrogen) atoms. The van der Waals surface area contributed by atoms with Crippen molar-refractivity contribution in [2.75, 3.05) is 0 Å². The van der Waals surface area contributed by atoms with Crippen LogP contribution < -0.4 is 0 Å². The molecule has 0 aliphatic rings. The molecule has 0 aromatic heterocycles. The number of aliphatic hydroxyl groups excluding tert-OH is 1. The van der Waals surface area contributed by atoms with Crippen LogP contribution in [0.4, 0.5) is 0 Å². The van der Waals surface area contributed by atoms with E-state index in [9.17, 15) is 14.7 Å². The van der Waals surface area contributed by atoms with Gasteiger partial charge in [0.2, 0.25) is 0 Å². The molecule has 0 aliphatic heterocycles. The smallest absolute Gasteiger partial charge is 0.138 e. The molecule has 3 heteroatoms. The number of unbranched alkanes of at least 4 members (excludes halogenated alkanes) is 2. The van der Waals surface area contributed by atoms with Gasteiger partial charge in [-0.25, -0.2) is 0 Å². The van der Waals surface area contributed by atoms with Crippen LogP contribution in [0.15, 0.2) is 0 Å². The van der Waals surface area contributed by atoms with Crippen LogP contribution in [-0.2, 0) is 9.59 Å². The molecule has 4 atom stereocenters. The number of carbonyl (C=O) groups excluding carboxylic acids is 2. The van der Waals surface area contributed by atoms with Gasteiger partial charge in [-0.2, -0.15) is 0 Å². The molecule has 0 saturated heterocycles. The van der Waals surface area contributed by atoms with E-state index in [4.69, 9.17) is 0 Å². The van der Waals surface area contributed by atoms with E-state index in [1.807, 2.05) is 6.92 Å². The lowest BCUT2D eigenvalue weighted by atomic mass is 9.82. The molecule has 0 aliphatic carbocycles. The molecular weight excluding hydrogens is 324 g/mol. The number of carbonyl (C=O) groups is 2. The minimum atomic E-state index is -0.891. The van der Waals surface area contributed by atoms with Gasteiger partial charge in [0.15, 0.2) is 0 Å². The molecule has 0 fully saturated rings. The maximum atomic E-state index is 12.3. The van der Waals surface area contributed by atoms with Crippen LogP contribution in [0.25, 0.3) is 0 Å². The minimum absolute atomic E-state index is 0.0480. The fourth-order valence-electron chi connectivity index (χ4n) is 3.67. The van der Waals surface area contributed by atoms with Gasteiger partial charge in [0, 0.05) is 17.8 Å². The summed E-state index contributed by atoms with van der Waals surface area (Å²) in [6.45, 7) is 14.5. The lowest BCUT2D eigenvalue weighted by Crippen LogP contribution is -2.34. The standard InChI is InChI=1S/C23H44O3/c1-17(2)13-18(3)11-9-8-10-12-19(4)14-20(5)21(25)15-22(26)23(6,7)16-24/h16-20,22,26H,8-15H2,1-7H3/t18?,19-,20?,22?/m0/s1. The minimum Gasteiger partial charge on any atom is -0.392 e. The summed E-state index contributed by atoms with van der Waals surface area (Å²) < 4.78 is 0. The van der Waals surface area contributed by atoms with Gasteiger partial charge in [-0.05, 0) is 30.6 Å². The summed E-state index contributed by atoms with van der Waals surface area (Å²) in [6, 6.07) is 0. The van der Waals surface area contributed by atoms with Crippen molar-refractivity contribution in [3.8, 4) is 0 Å². The van der Waals surface area contributed by atoms with Crippen molar-refractivity contribution in [2.24, 2.45) is 29.1 Å². The Kier molecular flexibility index (Phi) is 12.3. The van der Waals surface area contributed by atoms with Crippen LogP contribution in [0.3, 0.4) is 0 Å². The highest BCUT2D eigenvalue weighted by molar-refractivity contribution is 5.81. The third-order valence-corrected chi connectivity index (χ3v) is 5.63. The summed E-state index contributed by atoms with van der Waals surface area (Å²) in [5.74, 6) is 2.17. The quantitative estimate of drug-likeness (QED) is 0.292. The van der Waals surface area contributed by atoms with Gasteiger partial charge in [0.05, 0.1) is 6.10 Å². The predicted octanol–water partition coefficient (Wildman–Crippen LogP) is 5.83. The molecule has 0 bridgehead atoms. The summed E-state index contributed by atoms with van der Waals surface area (Å²) in [6.07, 6.45) is 8.43. The van der Waals surface area contributed by atoms with Crippen molar-refractivity contribution in [1.82, 2.24) is 0 Å². The van der Waals surface area contributed by atoms with Crippen molar-refractivity contribution in [3.63, 3.8) is 0 Å². The Hall–Kier alpha value is -0.700. The lowest BCUT2D eigenvalue weighted by Gasteiger charge is -2.25. The van der Waals surface area contributed by atoms with Crippen molar-refractivity contribution >= 4 is 12.1 Å². The Morgan fingerprint density at radius 3 is 1.88 bits per heavy atom. The highest BCUT2D eigenvalue weighted by Gasteiger charge is 2.30. The Morgan fingerprint density at radius 2 is 1.42 bits per heavy atom. The zero-order valence-corrected chi connectivity index (χ0v) is 18.4. The number of ketones is 1. The van der Waals surface area contributed by atoms with Crippen LogP contribution in [0, 0.1) is 29.1 Å². The molecule has 154 valence electrons. The second-order valence-electron chi connectivity index (χ2n) is 9.74. The molecule has 0 rings (SSSR count). The van der Waals surface area contributed by atoms with Gasteiger partial charge in [-0.1, -0.05) is 80.6 Å². The molecule has 3 unspecified atom stereocenters. The van der Waals surface area contributed by atoms with Crippen LogP contribution in [0.2, 0.25) is 0 Å². The second-order valence-corrected chi connectivity index (χ2v) is 9.74. The summed E-state index contributed by atoms with van der Waals surface area (Å²) in [7, 11) is 0. The van der Waals surface area contributed by atoms with Gasteiger partial charge in [0.25, 0.3) is 0 Å². The van der Waals surface area contributed by atoms with E-state index in [-0.39, 0.29) is 18.1 Å². The molecule has 3 nitrogen and oxygen atoms in total. The molecule has 0 saturated carbocycles. The summed E-state index contributed by atoms with van der Waals surface area (Å²) in [4.78, 5) is 23.3. The molecule has 0 spiro atoms. The van der Waals surface area contributed by atoms with Crippen molar-refractivity contribution in [2.45, 2.75) is 106 Å². The Morgan fingerprint density at radius 1 is 0.923 bits per heavy atom. The number of aldehydes is 1. The Labute approximate surface area is 162 Å². The highest BCUT2D eigenvalue weighted by atomic mass is 16.3. The Bertz CT molecular complexity index is 400. The fraction of sp³-hybridized carbons (Fsp3) is 0.913. The maximum absolute atomic E-state index is 12.3. The topological polar surface area (TPSA) is 54.4 Å². The first kappa shape index (κ1) is 25.3. The van der Waals surface area contributed by atoms with Gasteiger partial charge in [0.1, 0.15) is 12.1 Å². The van der Waals surface area contributed by atoms with Crippen molar-refractivity contribution in [3.05, 3.63) is 0 Å². The number of hydrogen-bond donors (Lipinski definition) is 1. The predicted molar refractivity (Wildman–Crippen MR) is 110 cm³/mol. The van der Waals surface area contributed by atoms with E-state index in [1.54, 1.807) is 13.8 Å². The summed E-state index contributed by atoms with van der Waals surface area (Å²) in [5, 5.41) is 10.1. The summed E-state index contributed by atoms with van der Waals surface area (Å²) in [5.41, 5.74) is -0.853. The molecular formula is C23H44O3. The van der Waals surface area contributed by atoms with E-state index < -0.39 is 11.5 Å². The number of hydrogen-bond acceptors (Lipinski definition) is 3. The molecule has 0 amide bonds. The zero-order chi connectivity index (χ0) is 20.3. The normalized spacial score (nSPS) is 17.0. The van der Waals surface area contributed by atoms with E-state index in [0.29, 0.717) is 5.92 Å². The molecule has 1 N–H and O–H groups in total. The van der Waals surface area contributed by atoms with Crippen molar-refractivity contribution in [1.29, 1.82) is 0 Å². The second kappa shape index (κ2) is 12.6. The van der Waals surface area contributed by atoms with Crippen LogP contribution >= 0.6 is 0 Å². The van der Waals surface area contributed by atoms with Gasteiger partial charge < -0.3 is 9.90 Å². The number of Topliss-reactive ketones (excluding diaryl/α,β-unsaturated/α-hetero) is 1. The number of aliphatic hydroxyl groups is 1.